The van der Waals surface area contributed by atoms with Crippen molar-refractivity contribution in [3.63, 3.8) is 0 Å². The molecule has 7 heteroatoms. The Morgan fingerprint density at radius 2 is 2.10 bits per heavy atom. The van der Waals surface area contributed by atoms with E-state index < -0.39 is 0 Å². The first-order valence-corrected chi connectivity index (χ1v) is 6.82. The molecule has 1 aromatic carbocycles. The fourth-order valence-corrected chi connectivity index (χ4v) is 1.67. The number of hydrazine groups is 1. The van der Waals surface area contributed by atoms with Gasteiger partial charge < -0.3 is 15.3 Å². The topological polar surface area (TPSA) is 77.8 Å². The maximum atomic E-state index is 11.7. The van der Waals surface area contributed by atoms with Crippen molar-refractivity contribution in [2.24, 2.45) is 0 Å². The second-order valence-corrected chi connectivity index (χ2v) is 5.10. The van der Waals surface area contributed by atoms with Crippen LogP contribution in [0.2, 0.25) is 0 Å². The third kappa shape index (κ3) is 6.35. The summed E-state index contributed by atoms with van der Waals surface area (Å²) in [7, 11) is 4.18. The molecule has 0 bridgehead atoms. The van der Waals surface area contributed by atoms with Crippen LogP contribution in [-0.4, -0.2) is 43.3 Å². The molecule has 1 rings (SSSR count). The number of carbonyl (C=O) groups is 1. The predicted octanol–water partition coefficient (Wildman–Crippen LogP) is -0.964. The van der Waals surface area contributed by atoms with Crippen molar-refractivity contribution in [3.05, 3.63) is 29.8 Å². The summed E-state index contributed by atoms with van der Waals surface area (Å²) in [6.07, 6.45) is 0.991. The minimum absolute atomic E-state index is 0.0459. The summed E-state index contributed by atoms with van der Waals surface area (Å²) >= 11 is 5.03. The number of thiocarbonyl (C=S) groups is 1. The van der Waals surface area contributed by atoms with Gasteiger partial charge in [0, 0.05) is 18.5 Å². The van der Waals surface area contributed by atoms with Gasteiger partial charge in [0.05, 0.1) is 20.6 Å². The van der Waals surface area contributed by atoms with Gasteiger partial charge in [-0.2, -0.15) is 0 Å². The lowest BCUT2D eigenvalue weighted by atomic mass is 10.2. The minimum Gasteiger partial charge on any atom is -0.508 e. The van der Waals surface area contributed by atoms with E-state index in [1.54, 1.807) is 12.1 Å². The molecule has 110 valence electrons. The Balaban J connectivity index is 2.25. The van der Waals surface area contributed by atoms with E-state index in [2.05, 4.69) is 30.3 Å². The highest BCUT2D eigenvalue weighted by Crippen LogP contribution is 2.10. The van der Waals surface area contributed by atoms with E-state index in [1.165, 1.54) is 17.0 Å². The number of phenolic OH excluding ortho intramolecular Hbond substituents is 1. The minimum atomic E-state index is -0.359. The zero-order chi connectivity index (χ0) is 15.0. The molecule has 1 amide bonds. The summed E-state index contributed by atoms with van der Waals surface area (Å²) in [5.74, 6) is -0.313. The molecule has 0 saturated carbocycles. The van der Waals surface area contributed by atoms with Crippen molar-refractivity contribution in [2.75, 3.05) is 27.2 Å². The average Bonchev–Trinajstić information content (AvgIpc) is 2.40. The fraction of sp³-hybridized carbons (Fsp3) is 0.385. The average molecular weight is 297 g/mol. The smallest absolute Gasteiger partial charge is 0.269 e. The van der Waals surface area contributed by atoms with Gasteiger partial charge in [0.15, 0.2) is 5.11 Å². The molecule has 0 aliphatic heterocycles. The summed E-state index contributed by atoms with van der Waals surface area (Å²) in [5.41, 5.74) is 5.45. The lowest BCUT2D eigenvalue weighted by molar-refractivity contribution is -0.858. The Bertz CT molecular complexity index is 465. The predicted molar refractivity (Wildman–Crippen MR) is 81.6 cm³/mol. The summed E-state index contributed by atoms with van der Waals surface area (Å²) in [6.45, 7) is 1.80. The van der Waals surface area contributed by atoms with Gasteiger partial charge in [0.2, 0.25) is 0 Å². The number of hydrogen-bond acceptors (Lipinski definition) is 3. The maximum Gasteiger partial charge on any atom is 0.269 e. The second-order valence-electron chi connectivity index (χ2n) is 4.70. The standard InChI is InChI=1S/C13H20N4O2S/c1-17(2)8-4-7-14-13(20)16-15-12(19)10-5-3-6-11(18)9-10/h3,5-6,9,18H,4,7-8H2,1-2H3,(H,15,19)(H2,14,16,20)/p+1. The van der Waals surface area contributed by atoms with Crippen LogP contribution in [0, 0.1) is 0 Å². The summed E-state index contributed by atoms with van der Waals surface area (Å²) in [5, 5.41) is 12.7. The van der Waals surface area contributed by atoms with Gasteiger partial charge in [-0.25, -0.2) is 0 Å². The molecule has 20 heavy (non-hydrogen) atoms. The van der Waals surface area contributed by atoms with Crippen LogP contribution in [0.5, 0.6) is 5.75 Å². The highest BCUT2D eigenvalue weighted by atomic mass is 32.1. The zero-order valence-electron chi connectivity index (χ0n) is 11.7. The van der Waals surface area contributed by atoms with E-state index in [1.807, 2.05) is 0 Å². The number of carbonyl (C=O) groups excluding carboxylic acids is 1. The molecular formula is C13H21N4O2S+. The highest BCUT2D eigenvalue weighted by Gasteiger charge is 2.06. The van der Waals surface area contributed by atoms with E-state index >= 15 is 0 Å². The summed E-state index contributed by atoms with van der Waals surface area (Å²) in [4.78, 5) is 13.1. The van der Waals surface area contributed by atoms with Crippen molar-refractivity contribution in [3.8, 4) is 5.75 Å². The quantitative estimate of drug-likeness (QED) is 0.275. The molecule has 0 aromatic heterocycles. The monoisotopic (exact) mass is 297 g/mol. The normalized spacial score (nSPS) is 10.2. The van der Waals surface area contributed by atoms with Gasteiger partial charge in [0.25, 0.3) is 5.91 Å². The van der Waals surface area contributed by atoms with Crippen LogP contribution in [-0.2, 0) is 0 Å². The summed E-state index contributed by atoms with van der Waals surface area (Å²) < 4.78 is 0. The molecule has 0 aliphatic rings. The number of rotatable bonds is 5. The number of phenols is 1. The molecule has 0 fully saturated rings. The third-order valence-electron chi connectivity index (χ3n) is 2.54. The molecule has 0 atom stereocenters. The molecule has 0 spiro atoms. The number of hydrogen-bond donors (Lipinski definition) is 5. The number of nitrogens with one attached hydrogen (secondary N) is 4. The molecule has 6 nitrogen and oxygen atoms in total. The van der Waals surface area contributed by atoms with Gasteiger partial charge in [-0.15, -0.1) is 0 Å². The number of quaternary nitrogens is 1. The largest absolute Gasteiger partial charge is 0.508 e. The van der Waals surface area contributed by atoms with Crippen LogP contribution in [0.15, 0.2) is 24.3 Å². The number of amides is 1. The van der Waals surface area contributed by atoms with E-state index in [0.717, 1.165) is 19.5 Å². The lowest BCUT2D eigenvalue weighted by Gasteiger charge is -2.12. The third-order valence-corrected chi connectivity index (χ3v) is 2.78. The van der Waals surface area contributed by atoms with Crippen LogP contribution < -0.4 is 21.1 Å². The molecule has 1 aromatic rings. The Hall–Kier alpha value is -1.86. The van der Waals surface area contributed by atoms with Crippen LogP contribution in [0.4, 0.5) is 0 Å². The van der Waals surface area contributed by atoms with Crippen molar-refractivity contribution < 1.29 is 14.8 Å². The first kappa shape index (κ1) is 16.2. The molecule has 5 N–H and O–H groups in total. The summed E-state index contributed by atoms with van der Waals surface area (Å²) in [6, 6.07) is 6.09. The van der Waals surface area contributed by atoms with E-state index in [-0.39, 0.29) is 11.7 Å². The molecule has 0 aliphatic carbocycles. The van der Waals surface area contributed by atoms with Crippen LogP contribution in [0.25, 0.3) is 0 Å². The van der Waals surface area contributed by atoms with Gasteiger partial charge in [-0.05, 0) is 30.4 Å². The number of aromatic hydroxyl groups is 1. The maximum absolute atomic E-state index is 11.7. The molecule has 0 unspecified atom stereocenters. The van der Waals surface area contributed by atoms with Crippen LogP contribution >= 0.6 is 12.2 Å². The Morgan fingerprint density at radius 1 is 1.35 bits per heavy atom. The molecule has 0 heterocycles. The zero-order valence-corrected chi connectivity index (χ0v) is 12.5. The van der Waals surface area contributed by atoms with Crippen molar-refractivity contribution in [1.29, 1.82) is 0 Å². The fourth-order valence-electron chi connectivity index (χ4n) is 1.52. The van der Waals surface area contributed by atoms with Crippen LogP contribution in [0.1, 0.15) is 16.8 Å². The van der Waals surface area contributed by atoms with E-state index in [0.29, 0.717) is 10.7 Å². The number of benzene rings is 1. The lowest BCUT2D eigenvalue weighted by Crippen LogP contribution is -3.05. The van der Waals surface area contributed by atoms with E-state index in [9.17, 15) is 9.90 Å². The Labute approximate surface area is 124 Å². The molecular weight excluding hydrogens is 276 g/mol. The van der Waals surface area contributed by atoms with Crippen molar-refractivity contribution in [2.45, 2.75) is 6.42 Å². The van der Waals surface area contributed by atoms with Crippen molar-refractivity contribution >= 4 is 23.2 Å². The molecule has 0 saturated heterocycles. The Morgan fingerprint density at radius 3 is 2.75 bits per heavy atom. The van der Waals surface area contributed by atoms with Gasteiger partial charge in [-0.1, -0.05) is 6.07 Å². The van der Waals surface area contributed by atoms with Crippen LogP contribution in [0.3, 0.4) is 0 Å². The Kier molecular flexibility index (Phi) is 6.75. The van der Waals surface area contributed by atoms with Gasteiger partial charge in [0.1, 0.15) is 5.75 Å². The van der Waals surface area contributed by atoms with Gasteiger partial charge >= 0.3 is 0 Å². The molecule has 0 radical (unpaired) electrons. The van der Waals surface area contributed by atoms with E-state index in [4.69, 9.17) is 12.2 Å². The SMILES string of the molecule is C[NH+](C)CCCNC(=S)NNC(=O)c1cccc(O)c1. The van der Waals surface area contributed by atoms with Gasteiger partial charge in [-0.3, -0.25) is 15.6 Å². The second kappa shape index (κ2) is 8.34. The van der Waals surface area contributed by atoms with Crippen molar-refractivity contribution in [1.82, 2.24) is 16.2 Å². The first-order valence-electron chi connectivity index (χ1n) is 6.41. The highest BCUT2D eigenvalue weighted by molar-refractivity contribution is 7.80. The first-order chi connectivity index (χ1) is 9.49.